The minimum absolute atomic E-state index is 0.195. The Hall–Kier alpha value is -0.260. The van der Waals surface area contributed by atoms with Crippen LogP contribution in [0.25, 0.3) is 0 Å². The first-order chi connectivity index (χ1) is 6.87. The van der Waals surface area contributed by atoms with Crippen LogP contribution in [0.4, 0.5) is 8.78 Å². The third-order valence-electron chi connectivity index (χ3n) is 3.87. The van der Waals surface area contributed by atoms with Gasteiger partial charge in [0.15, 0.2) is 0 Å². The van der Waals surface area contributed by atoms with E-state index in [4.69, 9.17) is 5.73 Å². The predicted molar refractivity (Wildman–Crippen MR) is 52.8 cm³/mol. The Kier molecular flexibility index (Phi) is 2.52. The molecule has 0 radical (unpaired) electrons. The molecule has 1 heterocycles. The zero-order valence-corrected chi connectivity index (χ0v) is 8.73. The van der Waals surface area contributed by atoms with E-state index >= 15 is 0 Å². The fourth-order valence-corrected chi connectivity index (χ4v) is 2.78. The van der Waals surface area contributed by atoms with Gasteiger partial charge in [-0.15, -0.1) is 0 Å². The molecule has 2 aliphatic rings. The molecule has 0 aromatic heterocycles. The molecule has 1 aliphatic carbocycles. The number of nitrogens with one attached hydrogen (secondary N) is 1. The third kappa shape index (κ3) is 1.88. The molecular weight excluding hydrogens is 202 g/mol. The summed E-state index contributed by atoms with van der Waals surface area (Å²) >= 11 is 0. The normalized spacial score (nSPS) is 39.2. The maximum atomic E-state index is 13.2. The van der Waals surface area contributed by atoms with Crippen molar-refractivity contribution in [1.82, 2.24) is 5.32 Å². The second-order valence-electron chi connectivity index (χ2n) is 4.97. The molecule has 1 saturated carbocycles. The molecule has 1 unspecified atom stereocenters. The van der Waals surface area contributed by atoms with E-state index in [0.717, 1.165) is 0 Å². The molecule has 1 aliphatic heterocycles. The Bertz CT molecular complexity index is 254. The fourth-order valence-electron chi connectivity index (χ4n) is 2.78. The van der Waals surface area contributed by atoms with Crippen LogP contribution < -0.4 is 11.1 Å². The Morgan fingerprint density at radius 2 is 1.67 bits per heavy atom. The molecule has 0 amide bonds. The number of aliphatic hydroxyl groups is 1. The maximum Gasteiger partial charge on any atom is 0.250 e. The van der Waals surface area contributed by atoms with Crippen LogP contribution in [0.2, 0.25) is 0 Å². The van der Waals surface area contributed by atoms with Crippen molar-refractivity contribution in [3.05, 3.63) is 0 Å². The number of halogens is 2. The fraction of sp³-hybridized carbons (Fsp3) is 1.00. The summed E-state index contributed by atoms with van der Waals surface area (Å²) in [7, 11) is 0. The van der Waals surface area contributed by atoms with E-state index in [-0.39, 0.29) is 19.3 Å². The molecule has 4 N–H and O–H groups in total. The van der Waals surface area contributed by atoms with Crippen LogP contribution in [-0.2, 0) is 0 Å². The molecular formula is C10H18F2N2O. The van der Waals surface area contributed by atoms with E-state index in [1.807, 2.05) is 0 Å². The summed E-state index contributed by atoms with van der Waals surface area (Å²) in [6, 6.07) is 0. The van der Waals surface area contributed by atoms with E-state index in [1.54, 1.807) is 0 Å². The van der Waals surface area contributed by atoms with E-state index in [2.05, 4.69) is 5.32 Å². The Labute approximate surface area is 88.0 Å². The molecule has 0 aromatic rings. The Balaban J connectivity index is 2.15. The molecule has 0 spiro atoms. The van der Waals surface area contributed by atoms with Crippen molar-refractivity contribution in [2.75, 3.05) is 13.1 Å². The molecule has 0 bridgehead atoms. The van der Waals surface area contributed by atoms with Crippen LogP contribution in [0.15, 0.2) is 0 Å². The average Bonchev–Trinajstić information content (AvgIpc) is 2.44. The molecule has 2 fully saturated rings. The standard InChI is InChI=1S/C10H18F2N2O/c11-10(12)2-1-8(13,7-10)9(15)3-5-14-6-4-9/h14-15H,1-7,13H2. The summed E-state index contributed by atoms with van der Waals surface area (Å²) in [5, 5.41) is 13.5. The monoisotopic (exact) mass is 220 g/mol. The highest BCUT2D eigenvalue weighted by atomic mass is 19.3. The van der Waals surface area contributed by atoms with Gasteiger partial charge >= 0.3 is 0 Å². The summed E-state index contributed by atoms with van der Waals surface area (Å²) in [4.78, 5) is 0. The Morgan fingerprint density at radius 3 is 2.13 bits per heavy atom. The SMILES string of the molecule is NC1(C2(O)CCNCC2)CCC(F)(F)C1. The van der Waals surface area contributed by atoms with Crippen molar-refractivity contribution in [3.8, 4) is 0 Å². The Morgan fingerprint density at radius 1 is 1.07 bits per heavy atom. The van der Waals surface area contributed by atoms with Gasteiger partial charge in [0.05, 0.1) is 11.1 Å². The van der Waals surface area contributed by atoms with Crippen molar-refractivity contribution in [1.29, 1.82) is 0 Å². The van der Waals surface area contributed by atoms with Gasteiger partial charge in [-0.25, -0.2) is 8.78 Å². The zero-order valence-electron chi connectivity index (χ0n) is 8.73. The van der Waals surface area contributed by atoms with E-state index in [1.165, 1.54) is 0 Å². The first kappa shape index (κ1) is 11.2. The van der Waals surface area contributed by atoms with Gasteiger partial charge in [0.2, 0.25) is 5.92 Å². The molecule has 15 heavy (non-hydrogen) atoms. The molecule has 5 heteroatoms. The highest BCUT2D eigenvalue weighted by Crippen LogP contribution is 2.47. The second kappa shape index (κ2) is 3.37. The lowest BCUT2D eigenvalue weighted by Crippen LogP contribution is -2.63. The minimum atomic E-state index is -2.70. The molecule has 88 valence electrons. The van der Waals surface area contributed by atoms with Crippen LogP contribution in [0, 0.1) is 0 Å². The van der Waals surface area contributed by atoms with Crippen molar-refractivity contribution in [2.45, 2.75) is 49.2 Å². The van der Waals surface area contributed by atoms with Gasteiger partial charge in [0.1, 0.15) is 0 Å². The maximum absolute atomic E-state index is 13.2. The van der Waals surface area contributed by atoms with Crippen LogP contribution in [0.1, 0.15) is 32.1 Å². The first-order valence-electron chi connectivity index (χ1n) is 5.47. The van der Waals surface area contributed by atoms with Gasteiger partial charge in [0.25, 0.3) is 0 Å². The highest BCUT2D eigenvalue weighted by Gasteiger charge is 2.57. The van der Waals surface area contributed by atoms with Gasteiger partial charge < -0.3 is 16.2 Å². The van der Waals surface area contributed by atoms with Gasteiger partial charge in [-0.05, 0) is 32.4 Å². The van der Waals surface area contributed by atoms with Gasteiger partial charge in [-0.2, -0.15) is 0 Å². The lowest BCUT2D eigenvalue weighted by molar-refractivity contribution is -0.0754. The predicted octanol–water partition coefficient (Wildman–Crippen LogP) is 0.618. The largest absolute Gasteiger partial charge is 0.388 e. The third-order valence-corrected chi connectivity index (χ3v) is 3.87. The lowest BCUT2D eigenvalue weighted by atomic mass is 9.73. The van der Waals surface area contributed by atoms with Gasteiger partial charge in [-0.3, -0.25) is 0 Å². The van der Waals surface area contributed by atoms with E-state index in [9.17, 15) is 13.9 Å². The molecule has 0 aromatic carbocycles. The number of piperidine rings is 1. The summed E-state index contributed by atoms with van der Waals surface area (Å²) in [6.07, 6.45) is 0.589. The summed E-state index contributed by atoms with van der Waals surface area (Å²) in [5.74, 6) is -2.70. The number of rotatable bonds is 1. The number of hydrogen-bond acceptors (Lipinski definition) is 3. The van der Waals surface area contributed by atoms with Gasteiger partial charge in [0, 0.05) is 12.8 Å². The quantitative estimate of drug-likeness (QED) is 0.607. The summed E-state index contributed by atoms with van der Waals surface area (Å²) in [6.45, 7) is 1.31. The molecule has 2 rings (SSSR count). The van der Waals surface area contributed by atoms with Crippen molar-refractivity contribution in [3.63, 3.8) is 0 Å². The van der Waals surface area contributed by atoms with E-state index < -0.39 is 17.1 Å². The second-order valence-corrected chi connectivity index (χ2v) is 4.97. The van der Waals surface area contributed by atoms with Gasteiger partial charge in [-0.1, -0.05) is 0 Å². The summed E-state index contributed by atoms with van der Waals surface area (Å²) < 4.78 is 26.3. The number of hydrogen-bond donors (Lipinski definition) is 3. The highest BCUT2D eigenvalue weighted by molar-refractivity contribution is 5.11. The average molecular weight is 220 g/mol. The van der Waals surface area contributed by atoms with Crippen LogP contribution >= 0.6 is 0 Å². The first-order valence-corrected chi connectivity index (χ1v) is 5.47. The number of nitrogens with two attached hydrogens (primary N) is 1. The molecule has 1 saturated heterocycles. The van der Waals surface area contributed by atoms with E-state index in [0.29, 0.717) is 25.9 Å². The van der Waals surface area contributed by atoms with Crippen LogP contribution in [0.3, 0.4) is 0 Å². The van der Waals surface area contributed by atoms with Crippen molar-refractivity contribution >= 4 is 0 Å². The lowest BCUT2D eigenvalue weighted by Gasteiger charge is -2.45. The van der Waals surface area contributed by atoms with Crippen LogP contribution in [0.5, 0.6) is 0 Å². The molecule has 1 atom stereocenters. The smallest absolute Gasteiger partial charge is 0.250 e. The number of alkyl halides is 2. The zero-order chi connectivity index (χ0) is 11.2. The minimum Gasteiger partial charge on any atom is -0.388 e. The van der Waals surface area contributed by atoms with Crippen molar-refractivity contribution in [2.24, 2.45) is 5.73 Å². The topological polar surface area (TPSA) is 58.3 Å². The molecule has 3 nitrogen and oxygen atoms in total. The summed E-state index contributed by atoms with van der Waals surface area (Å²) in [5.41, 5.74) is 3.77. The van der Waals surface area contributed by atoms with Crippen molar-refractivity contribution < 1.29 is 13.9 Å². The van der Waals surface area contributed by atoms with Crippen LogP contribution in [-0.4, -0.2) is 35.3 Å².